The first-order valence-electron chi connectivity index (χ1n) is 11.3. The van der Waals surface area contributed by atoms with Gasteiger partial charge in [0.25, 0.3) is 0 Å². The van der Waals surface area contributed by atoms with Gasteiger partial charge >= 0.3 is 0 Å². The van der Waals surface area contributed by atoms with Gasteiger partial charge in [-0.05, 0) is 85.9 Å². The smallest absolute Gasteiger partial charge is 0.123 e. The third kappa shape index (κ3) is 1.32. The number of aromatic hydroxyl groups is 2. The Labute approximate surface area is 156 Å². The summed E-state index contributed by atoms with van der Waals surface area (Å²) >= 11 is 0. The van der Waals surface area contributed by atoms with Crippen LogP contribution in [-0.4, -0.2) is 10.2 Å². The summed E-state index contributed by atoms with van der Waals surface area (Å²) in [5.74, 6) is 3.42. The van der Waals surface area contributed by atoms with Crippen LogP contribution in [0.3, 0.4) is 0 Å². The van der Waals surface area contributed by atoms with Crippen LogP contribution in [0.4, 0.5) is 0 Å². The topological polar surface area (TPSA) is 40.5 Å². The van der Waals surface area contributed by atoms with Gasteiger partial charge in [-0.15, -0.1) is 0 Å². The number of hydrogen-bond donors (Lipinski definition) is 2. The molecule has 0 aromatic heterocycles. The first-order valence-corrected chi connectivity index (χ1v) is 11.3. The number of rotatable bonds is 0. The van der Waals surface area contributed by atoms with Gasteiger partial charge in [-0.3, -0.25) is 0 Å². The first kappa shape index (κ1) is 14.8. The Morgan fingerprint density at radius 3 is 1.04 bits per heavy atom. The van der Waals surface area contributed by atoms with Crippen LogP contribution in [0.15, 0.2) is 0 Å². The molecule has 2 spiro atoms. The molecule has 7 rings (SSSR count). The van der Waals surface area contributed by atoms with Gasteiger partial charge in [0.05, 0.1) is 0 Å². The molecule has 0 aliphatic heterocycles. The quantitative estimate of drug-likeness (QED) is 0.549. The molecule has 138 valence electrons. The number of benzene rings is 1. The second kappa shape index (κ2) is 4.45. The zero-order valence-electron chi connectivity index (χ0n) is 15.7. The Kier molecular flexibility index (Phi) is 2.54. The highest BCUT2D eigenvalue weighted by Gasteiger charge is 2.64. The van der Waals surface area contributed by atoms with Gasteiger partial charge in [-0.2, -0.15) is 0 Å². The lowest BCUT2D eigenvalue weighted by Crippen LogP contribution is -2.20. The molecule has 1 aromatic rings. The average molecular weight is 351 g/mol. The molecule has 0 unspecified atom stereocenters. The largest absolute Gasteiger partial charge is 0.507 e. The van der Waals surface area contributed by atoms with Crippen molar-refractivity contribution in [3.63, 3.8) is 0 Å². The minimum Gasteiger partial charge on any atom is -0.507 e. The normalized spacial score (nSPS) is 39.4. The Bertz CT molecular complexity index is 703. The Balaban J connectivity index is 1.48. The fourth-order valence-electron chi connectivity index (χ4n) is 9.70. The molecule has 0 amide bonds. The van der Waals surface area contributed by atoms with Gasteiger partial charge in [0.1, 0.15) is 11.5 Å². The van der Waals surface area contributed by atoms with E-state index in [4.69, 9.17) is 0 Å². The summed E-state index contributed by atoms with van der Waals surface area (Å²) in [5.41, 5.74) is 5.66. The van der Waals surface area contributed by atoms with Crippen LogP contribution < -0.4 is 0 Å². The summed E-state index contributed by atoms with van der Waals surface area (Å²) in [6.07, 6.45) is 15.6. The van der Waals surface area contributed by atoms with E-state index in [1.165, 1.54) is 99.3 Å². The molecule has 6 aliphatic carbocycles. The van der Waals surface area contributed by atoms with Crippen LogP contribution in [0.5, 0.6) is 11.5 Å². The molecule has 26 heavy (non-hydrogen) atoms. The Morgan fingerprint density at radius 1 is 0.500 bits per heavy atom. The van der Waals surface area contributed by atoms with E-state index in [1.54, 1.807) is 0 Å². The van der Waals surface area contributed by atoms with E-state index in [0.717, 1.165) is 0 Å². The van der Waals surface area contributed by atoms with Crippen molar-refractivity contribution in [2.75, 3.05) is 0 Å². The van der Waals surface area contributed by atoms with Crippen LogP contribution in [0.25, 0.3) is 0 Å². The van der Waals surface area contributed by atoms with E-state index >= 15 is 0 Å². The maximum absolute atomic E-state index is 11.6. The van der Waals surface area contributed by atoms with E-state index in [-0.39, 0.29) is 0 Å². The predicted molar refractivity (Wildman–Crippen MR) is 101 cm³/mol. The molecule has 4 bridgehead atoms. The fraction of sp³-hybridized carbons (Fsp3) is 0.750. The lowest BCUT2D eigenvalue weighted by Gasteiger charge is -2.30. The molecule has 6 aliphatic rings. The summed E-state index contributed by atoms with van der Waals surface area (Å²) in [5, 5.41) is 23.2. The summed E-state index contributed by atoms with van der Waals surface area (Å²) in [6.45, 7) is 0. The fourth-order valence-corrected chi connectivity index (χ4v) is 9.70. The average Bonchev–Trinajstić information content (AvgIpc) is 3.49. The minimum atomic E-state index is 0.385. The minimum absolute atomic E-state index is 0.385. The third-order valence-electron chi connectivity index (χ3n) is 10.3. The Morgan fingerprint density at radius 2 is 0.769 bits per heavy atom. The third-order valence-corrected chi connectivity index (χ3v) is 10.3. The monoisotopic (exact) mass is 350 g/mol. The molecule has 0 heterocycles. The van der Waals surface area contributed by atoms with Crippen LogP contribution in [0, 0.1) is 10.8 Å². The molecule has 2 nitrogen and oxygen atoms in total. The van der Waals surface area contributed by atoms with Crippen molar-refractivity contribution in [3.8, 4) is 11.5 Å². The van der Waals surface area contributed by atoms with Crippen molar-refractivity contribution in [2.45, 2.75) is 101 Å². The van der Waals surface area contributed by atoms with Gasteiger partial charge in [0.2, 0.25) is 0 Å². The zero-order chi connectivity index (χ0) is 17.3. The van der Waals surface area contributed by atoms with Crippen molar-refractivity contribution in [1.82, 2.24) is 0 Å². The number of fused-ring (bicyclic) bond motifs is 6. The molecule has 0 radical (unpaired) electrons. The Hall–Kier alpha value is -1.18. The first-order chi connectivity index (χ1) is 12.7. The zero-order valence-corrected chi connectivity index (χ0v) is 15.7. The van der Waals surface area contributed by atoms with Gasteiger partial charge in [0.15, 0.2) is 0 Å². The highest BCUT2D eigenvalue weighted by molar-refractivity contribution is 5.70. The summed E-state index contributed by atoms with van der Waals surface area (Å²) in [4.78, 5) is 0. The van der Waals surface area contributed by atoms with Gasteiger partial charge in [-0.1, -0.05) is 25.7 Å². The lowest BCUT2D eigenvalue weighted by molar-refractivity contribution is 0.250. The molecular formula is C24H30O2. The van der Waals surface area contributed by atoms with Gasteiger partial charge in [0, 0.05) is 22.3 Å². The second-order valence-corrected chi connectivity index (χ2v) is 10.6. The molecule has 2 heteroatoms. The van der Waals surface area contributed by atoms with Gasteiger partial charge < -0.3 is 10.2 Å². The van der Waals surface area contributed by atoms with Gasteiger partial charge in [-0.25, -0.2) is 0 Å². The van der Waals surface area contributed by atoms with E-state index in [0.29, 0.717) is 46.0 Å². The van der Waals surface area contributed by atoms with Crippen LogP contribution in [0.2, 0.25) is 0 Å². The summed E-state index contributed by atoms with van der Waals surface area (Å²) < 4.78 is 0. The maximum Gasteiger partial charge on any atom is 0.123 e. The SMILES string of the molecule is Oc1c2c(c(O)c3c1[C@H]1CC[C@@H]3C13CCCC3)[C@@H]1CC[C@H]2C12CCCC2. The van der Waals surface area contributed by atoms with E-state index in [9.17, 15) is 10.2 Å². The van der Waals surface area contributed by atoms with E-state index in [2.05, 4.69) is 0 Å². The lowest BCUT2D eigenvalue weighted by atomic mass is 9.73. The second-order valence-electron chi connectivity index (χ2n) is 10.6. The van der Waals surface area contributed by atoms with Crippen LogP contribution in [0.1, 0.15) is 123 Å². The van der Waals surface area contributed by atoms with Crippen LogP contribution in [-0.2, 0) is 0 Å². The summed E-state index contributed by atoms with van der Waals surface area (Å²) in [6, 6.07) is 0. The van der Waals surface area contributed by atoms with Crippen LogP contribution >= 0.6 is 0 Å². The number of hydrogen-bond acceptors (Lipinski definition) is 2. The van der Waals surface area contributed by atoms with Crippen molar-refractivity contribution < 1.29 is 10.2 Å². The van der Waals surface area contributed by atoms with Crippen molar-refractivity contribution in [2.24, 2.45) is 10.8 Å². The number of phenols is 2. The molecule has 1 aromatic carbocycles. The predicted octanol–water partition coefficient (Wildman–Crippen LogP) is 6.17. The molecule has 4 atom stereocenters. The standard InChI is InChI=1S/C24H30O2/c25-21-17-13-5-6-14(23(13)9-1-2-10-23)18(17)22(26)20-16-8-7-15(19(20)21)24(16)11-3-4-12-24/h13-16,25-26H,1-12H2/t13-,14+,15-,16+. The molecule has 0 saturated heterocycles. The highest BCUT2D eigenvalue weighted by Crippen LogP contribution is 2.79. The van der Waals surface area contributed by atoms with Crippen molar-refractivity contribution in [1.29, 1.82) is 0 Å². The molecule has 2 N–H and O–H groups in total. The molecule has 4 fully saturated rings. The summed E-state index contributed by atoms with van der Waals surface area (Å²) in [7, 11) is 0. The van der Waals surface area contributed by atoms with E-state index in [1.807, 2.05) is 0 Å². The highest BCUT2D eigenvalue weighted by atomic mass is 16.3. The van der Waals surface area contributed by atoms with E-state index < -0.39 is 0 Å². The molecular weight excluding hydrogens is 320 g/mol. The van der Waals surface area contributed by atoms with Crippen molar-refractivity contribution >= 4 is 0 Å². The van der Waals surface area contributed by atoms with Crippen molar-refractivity contribution in [3.05, 3.63) is 22.3 Å². The number of phenolic OH excluding ortho intramolecular Hbond substituents is 2. The molecule has 4 saturated carbocycles. The maximum atomic E-state index is 11.6.